The quantitative estimate of drug-likeness (QED) is 0.882. The Balaban J connectivity index is 1.82. The fourth-order valence-electron chi connectivity index (χ4n) is 3.21. The molecular weight excluding hydrogens is 318 g/mol. The van der Waals surface area contributed by atoms with Crippen molar-refractivity contribution in [2.75, 3.05) is 18.0 Å². The van der Waals surface area contributed by atoms with Gasteiger partial charge in [0.25, 0.3) is 0 Å². The van der Waals surface area contributed by atoms with E-state index in [1.54, 1.807) is 0 Å². The van der Waals surface area contributed by atoms with Crippen LogP contribution in [0.2, 0.25) is 0 Å². The molecular formula is C16H20BrNO2. The molecule has 0 radical (unpaired) electrons. The lowest BCUT2D eigenvalue weighted by Gasteiger charge is -2.22. The number of hydrogen-bond acceptors (Lipinski definition) is 2. The highest BCUT2D eigenvalue weighted by Gasteiger charge is 2.34. The highest BCUT2D eigenvalue weighted by Crippen LogP contribution is 2.45. The number of carboxylic acids is 1. The summed E-state index contributed by atoms with van der Waals surface area (Å²) in [7, 11) is 0. The van der Waals surface area contributed by atoms with Crippen molar-refractivity contribution in [2.45, 2.75) is 38.0 Å². The summed E-state index contributed by atoms with van der Waals surface area (Å²) in [5.41, 5.74) is 2.42. The van der Waals surface area contributed by atoms with Gasteiger partial charge in [-0.25, -0.2) is 0 Å². The van der Waals surface area contributed by atoms with Crippen molar-refractivity contribution in [2.24, 2.45) is 5.92 Å². The molecule has 1 aromatic rings. The molecule has 1 heterocycles. The largest absolute Gasteiger partial charge is 0.481 e. The molecule has 2 aliphatic rings. The fraction of sp³-hybridized carbons (Fsp3) is 0.562. The monoisotopic (exact) mass is 337 g/mol. The minimum atomic E-state index is -0.693. The maximum absolute atomic E-state index is 11.1. The summed E-state index contributed by atoms with van der Waals surface area (Å²) >= 11 is 3.67. The molecule has 3 rings (SSSR count). The molecule has 1 aliphatic carbocycles. The van der Waals surface area contributed by atoms with Gasteiger partial charge < -0.3 is 10.0 Å². The second kappa shape index (κ2) is 5.76. The molecule has 1 unspecified atom stereocenters. The first kappa shape index (κ1) is 13.9. The highest BCUT2D eigenvalue weighted by molar-refractivity contribution is 9.10. The minimum Gasteiger partial charge on any atom is -0.481 e. The summed E-state index contributed by atoms with van der Waals surface area (Å²) in [4.78, 5) is 13.5. The molecule has 0 spiro atoms. The lowest BCUT2D eigenvalue weighted by Crippen LogP contribution is -2.18. The van der Waals surface area contributed by atoms with Crippen molar-refractivity contribution in [1.82, 2.24) is 0 Å². The third-order valence-corrected chi connectivity index (χ3v) is 5.07. The number of anilines is 1. The van der Waals surface area contributed by atoms with Crippen LogP contribution in [0.1, 0.15) is 43.6 Å². The van der Waals surface area contributed by atoms with Crippen LogP contribution in [0.5, 0.6) is 0 Å². The Morgan fingerprint density at radius 2 is 2.05 bits per heavy atom. The van der Waals surface area contributed by atoms with Crippen LogP contribution in [0.4, 0.5) is 5.69 Å². The second-order valence-electron chi connectivity index (χ2n) is 5.95. The van der Waals surface area contributed by atoms with E-state index in [2.05, 4.69) is 39.0 Å². The zero-order chi connectivity index (χ0) is 14.1. The van der Waals surface area contributed by atoms with E-state index in [4.69, 9.17) is 5.11 Å². The smallest absolute Gasteiger partial charge is 0.303 e. The molecule has 1 aromatic carbocycles. The molecule has 1 aliphatic heterocycles. The van der Waals surface area contributed by atoms with Crippen molar-refractivity contribution in [3.8, 4) is 0 Å². The number of halogens is 1. The molecule has 2 fully saturated rings. The Hall–Kier alpha value is -1.03. The van der Waals surface area contributed by atoms with Gasteiger partial charge >= 0.3 is 5.97 Å². The Morgan fingerprint density at radius 3 is 2.60 bits per heavy atom. The predicted molar refractivity (Wildman–Crippen MR) is 83.3 cm³/mol. The van der Waals surface area contributed by atoms with Gasteiger partial charge in [0.2, 0.25) is 0 Å². The topological polar surface area (TPSA) is 40.5 Å². The van der Waals surface area contributed by atoms with Gasteiger partial charge in [0.1, 0.15) is 0 Å². The van der Waals surface area contributed by atoms with Gasteiger partial charge in [-0.15, -0.1) is 0 Å². The number of aliphatic carboxylic acids is 1. The van der Waals surface area contributed by atoms with Gasteiger partial charge in [-0.05, 0) is 71.1 Å². The zero-order valence-electron chi connectivity index (χ0n) is 11.5. The number of carbonyl (C=O) groups is 1. The van der Waals surface area contributed by atoms with Gasteiger partial charge in [0.15, 0.2) is 0 Å². The number of carboxylic acid groups (broad SMARTS) is 1. The van der Waals surface area contributed by atoms with Gasteiger partial charge in [-0.2, -0.15) is 0 Å². The average Bonchev–Trinajstić information content (AvgIpc) is 3.11. The first-order chi connectivity index (χ1) is 9.65. The second-order valence-corrected chi connectivity index (χ2v) is 6.80. The molecule has 108 valence electrons. The lowest BCUT2D eigenvalue weighted by molar-refractivity contribution is -0.137. The van der Waals surface area contributed by atoms with E-state index in [0.29, 0.717) is 5.92 Å². The average molecular weight is 338 g/mol. The Bertz CT molecular complexity index is 507. The van der Waals surface area contributed by atoms with Crippen LogP contribution in [0.25, 0.3) is 0 Å². The standard InChI is InChI=1S/C16H20BrNO2/c17-14-9-12(13(10-16(19)20)11-3-4-11)5-6-15(14)18-7-1-2-8-18/h5-6,9,11,13H,1-4,7-8,10H2,(H,19,20). The zero-order valence-corrected chi connectivity index (χ0v) is 13.1. The maximum atomic E-state index is 11.1. The third kappa shape index (κ3) is 3.00. The fourth-order valence-corrected chi connectivity index (χ4v) is 3.86. The Kier molecular flexibility index (Phi) is 4.01. The Morgan fingerprint density at radius 1 is 1.35 bits per heavy atom. The Labute approximate surface area is 128 Å². The molecule has 1 saturated heterocycles. The van der Waals surface area contributed by atoms with Crippen LogP contribution < -0.4 is 4.90 Å². The number of hydrogen-bond donors (Lipinski definition) is 1. The molecule has 1 saturated carbocycles. The molecule has 4 heteroatoms. The number of benzene rings is 1. The van der Waals surface area contributed by atoms with Gasteiger partial charge in [-0.3, -0.25) is 4.79 Å². The van der Waals surface area contributed by atoms with Crippen molar-refractivity contribution in [3.05, 3.63) is 28.2 Å². The van der Waals surface area contributed by atoms with E-state index in [9.17, 15) is 4.79 Å². The van der Waals surface area contributed by atoms with E-state index in [0.717, 1.165) is 17.6 Å². The summed E-state index contributed by atoms with van der Waals surface area (Å²) in [6, 6.07) is 6.42. The molecule has 20 heavy (non-hydrogen) atoms. The van der Waals surface area contributed by atoms with Crippen molar-refractivity contribution in [1.29, 1.82) is 0 Å². The first-order valence-corrected chi connectivity index (χ1v) is 8.20. The predicted octanol–water partition coefficient (Wildman–Crippen LogP) is 4.02. The number of rotatable bonds is 5. The van der Waals surface area contributed by atoms with Crippen LogP contribution in [-0.4, -0.2) is 24.2 Å². The van der Waals surface area contributed by atoms with Crippen molar-refractivity contribution < 1.29 is 9.90 Å². The molecule has 0 aromatic heterocycles. The van der Waals surface area contributed by atoms with E-state index < -0.39 is 5.97 Å². The minimum absolute atomic E-state index is 0.177. The molecule has 0 amide bonds. The highest BCUT2D eigenvalue weighted by atomic mass is 79.9. The first-order valence-electron chi connectivity index (χ1n) is 7.41. The summed E-state index contributed by atoms with van der Waals surface area (Å²) in [5, 5.41) is 9.10. The maximum Gasteiger partial charge on any atom is 0.303 e. The normalized spacial score (nSPS) is 20.1. The summed E-state index contributed by atoms with van der Waals surface area (Å²) in [5.74, 6) is 0.0497. The van der Waals surface area contributed by atoms with Crippen LogP contribution in [0.3, 0.4) is 0 Å². The molecule has 3 nitrogen and oxygen atoms in total. The number of nitrogens with zero attached hydrogens (tertiary/aromatic N) is 1. The van der Waals surface area contributed by atoms with Crippen LogP contribution in [0.15, 0.2) is 22.7 Å². The van der Waals surface area contributed by atoms with Gasteiger partial charge in [-0.1, -0.05) is 6.07 Å². The molecule has 1 N–H and O–H groups in total. The summed E-state index contributed by atoms with van der Waals surface area (Å²) in [6.45, 7) is 2.25. The van der Waals surface area contributed by atoms with Crippen LogP contribution in [0, 0.1) is 5.92 Å². The van der Waals surface area contributed by atoms with E-state index in [-0.39, 0.29) is 12.3 Å². The van der Waals surface area contributed by atoms with Crippen LogP contribution in [-0.2, 0) is 4.79 Å². The van der Waals surface area contributed by atoms with Gasteiger partial charge in [0.05, 0.1) is 12.1 Å². The SMILES string of the molecule is O=C(O)CC(c1ccc(N2CCCC2)c(Br)c1)C1CC1. The molecule has 1 atom stereocenters. The van der Waals surface area contributed by atoms with Crippen molar-refractivity contribution >= 4 is 27.6 Å². The molecule has 0 bridgehead atoms. The van der Waals surface area contributed by atoms with Crippen molar-refractivity contribution in [3.63, 3.8) is 0 Å². The van der Waals surface area contributed by atoms with E-state index in [1.807, 2.05) is 0 Å². The summed E-state index contributed by atoms with van der Waals surface area (Å²) in [6.07, 6.45) is 5.11. The van der Waals surface area contributed by atoms with E-state index >= 15 is 0 Å². The van der Waals surface area contributed by atoms with Gasteiger partial charge in [0, 0.05) is 17.6 Å². The lowest BCUT2D eigenvalue weighted by atomic mass is 9.91. The van der Waals surface area contributed by atoms with Crippen LogP contribution >= 0.6 is 15.9 Å². The summed E-state index contributed by atoms with van der Waals surface area (Å²) < 4.78 is 1.10. The van der Waals surface area contributed by atoms with E-state index in [1.165, 1.54) is 36.9 Å². The third-order valence-electron chi connectivity index (χ3n) is 4.43.